The Bertz CT molecular complexity index is 2210. The number of carbonyl (C=O) groups is 1. The monoisotopic (exact) mass is 648 g/mol. The van der Waals surface area contributed by atoms with Crippen LogP contribution in [0.5, 0.6) is 5.75 Å². The molecule has 0 saturated heterocycles. The van der Waals surface area contributed by atoms with Crippen molar-refractivity contribution < 1.29 is 14.6 Å². The Morgan fingerprint density at radius 2 is 1.16 bits per heavy atom. The third-order valence-electron chi connectivity index (χ3n) is 8.16. The third kappa shape index (κ3) is 7.36. The average molecular weight is 649 g/mol. The predicted octanol–water partition coefficient (Wildman–Crippen LogP) is 11.3. The second-order valence-corrected chi connectivity index (χ2v) is 11.1. The Balaban J connectivity index is 1.25. The third-order valence-corrected chi connectivity index (χ3v) is 8.16. The minimum absolute atomic E-state index is 0.187. The number of ether oxygens (including phenoxy) is 1. The number of hydrogen-bond acceptors (Lipinski definition) is 9. The molecule has 0 amide bonds. The van der Waals surface area contributed by atoms with Gasteiger partial charge in [-0.2, -0.15) is 5.11 Å². The summed E-state index contributed by atoms with van der Waals surface area (Å²) in [7, 11) is 0. The van der Waals surface area contributed by atoms with Crippen LogP contribution in [0.2, 0.25) is 0 Å². The van der Waals surface area contributed by atoms with E-state index in [1.165, 1.54) is 0 Å². The molecule has 0 atom stereocenters. The van der Waals surface area contributed by atoms with Gasteiger partial charge in [-0.1, -0.05) is 48.5 Å². The van der Waals surface area contributed by atoms with Gasteiger partial charge < -0.3 is 14.7 Å². The number of phenols is 1. The van der Waals surface area contributed by atoms with Gasteiger partial charge in [0, 0.05) is 58.2 Å². The van der Waals surface area contributed by atoms with Gasteiger partial charge in [0.1, 0.15) is 5.75 Å². The van der Waals surface area contributed by atoms with Gasteiger partial charge >= 0.3 is 5.97 Å². The highest BCUT2D eigenvalue weighted by Gasteiger charge is 2.10. The summed E-state index contributed by atoms with van der Waals surface area (Å²) in [5.74, 6) is -0.180. The number of carbonyl (C=O) groups excluding carboxylic acids is 1. The van der Waals surface area contributed by atoms with Crippen LogP contribution in [0.25, 0.3) is 21.5 Å². The van der Waals surface area contributed by atoms with Crippen LogP contribution in [0.15, 0.2) is 141 Å². The lowest BCUT2D eigenvalue weighted by atomic mass is 10.1. The Hall–Kier alpha value is -6.22. The molecular weight excluding hydrogens is 612 g/mol. The summed E-state index contributed by atoms with van der Waals surface area (Å²) in [4.78, 5) is 18.9. The van der Waals surface area contributed by atoms with Gasteiger partial charge in [-0.05, 0) is 81.4 Å². The minimum Gasteiger partial charge on any atom is -0.507 e. The molecule has 0 radical (unpaired) electrons. The highest BCUT2D eigenvalue weighted by molar-refractivity contribution is 6.02. The van der Waals surface area contributed by atoms with Crippen LogP contribution in [0, 0.1) is 0 Å². The van der Waals surface area contributed by atoms with Gasteiger partial charge in [-0.25, -0.2) is 4.79 Å². The van der Waals surface area contributed by atoms with Crippen molar-refractivity contribution in [2.45, 2.75) is 20.8 Å². The van der Waals surface area contributed by atoms with Crippen LogP contribution in [0.3, 0.4) is 0 Å². The molecule has 6 aromatic carbocycles. The normalized spacial score (nSPS) is 11.7. The number of benzene rings is 6. The van der Waals surface area contributed by atoms with Crippen molar-refractivity contribution in [3.63, 3.8) is 0 Å². The molecule has 6 aromatic rings. The van der Waals surface area contributed by atoms with Crippen LogP contribution < -0.4 is 4.90 Å². The largest absolute Gasteiger partial charge is 0.507 e. The van der Waals surface area contributed by atoms with E-state index in [0.29, 0.717) is 40.5 Å². The number of phenolic OH excluding ortho intramolecular Hbond substituents is 1. The molecule has 0 unspecified atom stereocenters. The lowest BCUT2D eigenvalue weighted by Crippen LogP contribution is -2.21. The van der Waals surface area contributed by atoms with Crippen LogP contribution in [0.1, 0.15) is 36.7 Å². The van der Waals surface area contributed by atoms with Crippen molar-refractivity contribution in [3.05, 3.63) is 126 Å². The summed E-state index contributed by atoms with van der Waals surface area (Å²) in [5.41, 5.74) is 5.56. The zero-order valence-corrected chi connectivity index (χ0v) is 27.6. The maximum absolute atomic E-state index is 12.0. The number of nitrogens with zero attached hydrogens (tertiary/aromatic N) is 6. The summed E-state index contributed by atoms with van der Waals surface area (Å²) < 4.78 is 5.05. The lowest BCUT2D eigenvalue weighted by molar-refractivity contribution is 0.0526. The van der Waals surface area contributed by atoms with Gasteiger partial charge in [-0.15, -0.1) is 15.3 Å². The highest BCUT2D eigenvalue weighted by Crippen LogP contribution is 2.38. The first-order valence-electron chi connectivity index (χ1n) is 16.2. The van der Waals surface area contributed by atoms with E-state index in [9.17, 15) is 9.90 Å². The van der Waals surface area contributed by atoms with Gasteiger partial charge in [0.15, 0.2) is 0 Å². The van der Waals surface area contributed by atoms with Gasteiger partial charge in [0.05, 0.1) is 40.6 Å². The topological polar surface area (TPSA) is 112 Å². The Kier molecular flexibility index (Phi) is 10.1. The summed E-state index contributed by atoms with van der Waals surface area (Å²) >= 11 is 0. The molecule has 0 fully saturated rings. The van der Waals surface area contributed by atoms with Crippen molar-refractivity contribution in [1.29, 1.82) is 0 Å². The van der Waals surface area contributed by atoms with E-state index in [1.54, 1.807) is 43.5 Å². The highest BCUT2D eigenvalue weighted by atomic mass is 16.5. The first-order chi connectivity index (χ1) is 24.0. The fourth-order valence-corrected chi connectivity index (χ4v) is 5.57. The molecule has 0 aromatic heterocycles. The number of aromatic hydroxyl groups is 1. The number of anilines is 1. The molecule has 1 N–H and O–H groups in total. The molecule has 0 aliphatic carbocycles. The molecule has 9 heteroatoms. The fourth-order valence-electron chi connectivity index (χ4n) is 5.57. The maximum Gasteiger partial charge on any atom is 0.338 e. The number of hydrogen-bond donors (Lipinski definition) is 1. The lowest BCUT2D eigenvalue weighted by Gasteiger charge is -2.21. The molecule has 0 bridgehead atoms. The average Bonchev–Trinajstić information content (AvgIpc) is 3.14. The van der Waals surface area contributed by atoms with Gasteiger partial charge in [-0.3, -0.25) is 4.99 Å². The van der Waals surface area contributed by atoms with E-state index in [1.807, 2.05) is 84.9 Å². The zero-order valence-electron chi connectivity index (χ0n) is 27.6. The fraction of sp³-hybridized carbons (Fsp3) is 0.150. The maximum atomic E-state index is 12.0. The van der Waals surface area contributed by atoms with Gasteiger partial charge in [0.25, 0.3) is 0 Å². The van der Waals surface area contributed by atoms with Crippen molar-refractivity contribution in [3.8, 4) is 5.75 Å². The number of fused-ring (bicyclic) bond motifs is 2. The first kappa shape index (κ1) is 32.7. The molecule has 0 aliphatic rings. The standard InChI is InChI=1S/C40H36N6O3/c1-4-46(5-2)30-20-17-28(39(47)25-30)26-41-35-21-22-37(32-12-8-7-11-31(32)35)44-45-38-24-23-36(33-13-9-10-14-34(33)38)43-42-29-18-15-27(16-19-29)40(48)49-6-3/h7-26,47H,4-6H2,1-3H3/b41-26+,43-42+,45-44+. The summed E-state index contributed by atoms with van der Waals surface area (Å²) in [6.45, 7) is 8.01. The van der Waals surface area contributed by atoms with E-state index >= 15 is 0 Å². The molecule has 0 saturated carbocycles. The molecular formula is C40H36N6O3. The number of esters is 1. The molecule has 9 nitrogen and oxygen atoms in total. The minimum atomic E-state index is -0.368. The molecule has 6 rings (SSSR count). The number of rotatable bonds is 11. The quantitative estimate of drug-likeness (QED) is 0.0855. The van der Waals surface area contributed by atoms with E-state index in [2.05, 4.69) is 39.2 Å². The molecule has 0 aliphatic heterocycles. The van der Waals surface area contributed by atoms with Gasteiger partial charge in [0.2, 0.25) is 0 Å². The number of aliphatic imine (C=N–C) groups is 1. The first-order valence-corrected chi connectivity index (χ1v) is 16.2. The van der Waals surface area contributed by atoms with E-state index < -0.39 is 0 Å². The Morgan fingerprint density at radius 1 is 0.653 bits per heavy atom. The van der Waals surface area contributed by atoms with E-state index in [0.717, 1.165) is 46.0 Å². The second kappa shape index (κ2) is 15.1. The van der Waals surface area contributed by atoms with E-state index in [4.69, 9.17) is 9.73 Å². The van der Waals surface area contributed by atoms with E-state index in [-0.39, 0.29) is 11.7 Å². The Labute approximate surface area is 285 Å². The van der Waals surface area contributed by atoms with Crippen molar-refractivity contribution in [2.24, 2.45) is 25.4 Å². The number of azo groups is 2. The van der Waals surface area contributed by atoms with Crippen molar-refractivity contribution in [1.82, 2.24) is 0 Å². The van der Waals surface area contributed by atoms with Crippen LogP contribution in [-0.4, -0.2) is 37.0 Å². The van der Waals surface area contributed by atoms with Crippen LogP contribution >= 0.6 is 0 Å². The molecule has 49 heavy (non-hydrogen) atoms. The SMILES string of the molecule is CCOC(=O)c1ccc(/N=N/c2ccc(/N=N/c3ccc(/N=C/c4ccc(N(CC)CC)cc4O)c4ccccc34)c3ccccc23)cc1. The molecule has 0 spiro atoms. The summed E-state index contributed by atoms with van der Waals surface area (Å²) in [6, 6.07) is 35.8. The smallest absolute Gasteiger partial charge is 0.338 e. The van der Waals surface area contributed by atoms with Crippen LogP contribution in [0.4, 0.5) is 34.1 Å². The summed E-state index contributed by atoms with van der Waals surface area (Å²) in [6.07, 6.45) is 1.69. The molecule has 0 heterocycles. The Morgan fingerprint density at radius 3 is 1.67 bits per heavy atom. The van der Waals surface area contributed by atoms with Crippen LogP contribution in [-0.2, 0) is 4.74 Å². The summed E-state index contributed by atoms with van der Waals surface area (Å²) in [5, 5.41) is 32.5. The molecule has 244 valence electrons. The zero-order chi connectivity index (χ0) is 34.2. The van der Waals surface area contributed by atoms with Crippen molar-refractivity contribution >= 4 is 67.9 Å². The second-order valence-electron chi connectivity index (χ2n) is 11.1. The van der Waals surface area contributed by atoms with Crippen molar-refractivity contribution in [2.75, 3.05) is 24.6 Å². The predicted molar refractivity (Wildman–Crippen MR) is 198 cm³/mol.